The van der Waals surface area contributed by atoms with Crippen LogP contribution in [0.3, 0.4) is 0 Å². The predicted octanol–water partition coefficient (Wildman–Crippen LogP) is 3.48. The van der Waals surface area contributed by atoms with Gasteiger partial charge in [-0.3, -0.25) is 29.8 Å². The Morgan fingerprint density at radius 3 is 2.36 bits per heavy atom. The summed E-state index contributed by atoms with van der Waals surface area (Å²) in [5.41, 5.74) is 4.57. The fourth-order valence-corrected chi connectivity index (χ4v) is 3.29. The van der Waals surface area contributed by atoms with E-state index in [1.807, 2.05) is 0 Å². The Bertz CT molecular complexity index is 1230. The van der Waals surface area contributed by atoms with Crippen LogP contribution in [0.4, 0.5) is 11.4 Å². The van der Waals surface area contributed by atoms with Crippen LogP contribution in [0.15, 0.2) is 54.6 Å². The number of anilines is 1. The molecule has 1 amide bonds. The lowest BCUT2D eigenvalue weighted by atomic mass is 10.1. The van der Waals surface area contributed by atoms with Gasteiger partial charge in [-0.2, -0.15) is 0 Å². The molecule has 0 saturated heterocycles. The first-order valence-electron chi connectivity index (χ1n) is 9.94. The number of hydrogen-bond donors (Lipinski definition) is 2. The number of non-ortho nitro benzene ring substituents is 1. The largest absolute Gasteiger partial charge is 0.454 e. The predicted molar refractivity (Wildman–Crippen MR) is 121 cm³/mol. The number of amides is 1. The van der Waals surface area contributed by atoms with Crippen LogP contribution in [0, 0.1) is 24.0 Å². The highest BCUT2D eigenvalue weighted by molar-refractivity contribution is 6.03. The quantitative estimate of drug-likeness (QED) is 0.232. The number of aromatic nitrogens is 1. The molecule has 10 heteroatoms. The summed E-state index contributed by atoms with van der Waals surface area (Å²) >= 11 is 0. The highest BCUT2D eigenvalue weighted by Gasteiger charge is 2.21. The van der Waals surface area contributed by atoms with Crippen molar-refractivity contribution in [2.45, 2.75) is 13.8 Å². The van der Waals surface area contributed by atoms with Crippen molar-refractivity contribution in [3.05, 3.63) is 92.8 Å². The summed E-state index contributed by atoms with van der Waals surface area (Å²) in [5, 5.41) is 13.8. The molecule has 33 heavy (non-hydrogen) atoms. The van der Waals surface area contributed by atoms with Crippen LogP contribution in [-0.2, 0) is 4.74 Å². The zero-order valence-corrected chi connectivity index (χ0v) is 18.2. The van der Waals surface area contributed by atoms with Gasteiger partial charge in [-0.15, -0.1) is 0 Å². The molecular formula is C23H22N4O6. The first-order chi connectivity index (χ1) is 15.7. The van der Waals surface area contributed by atoms with Crippen LogP contribution in [-0.4, -0.2) is 40.9 Å². The maximum absolute atomic E-state index is 12.7. The Hall–Kier alpha value is -4.47. The van der Waals surface area contributed by atoms with Crippen LogP contribution in [0.5, 0.6) is 0 Å². The minimum absolute atomic E-state index is 0.0555. The Balaban J connectivity index is 1.73. The molecule has 0 aliphatic rings. The molecule has 170 valence electrons. The van der Waals surface area contributed by atoms with Crippen LogP contribution in [0.1, 0.15) is 42.5 Å². The van der Waals surface area contributed by atoms with Crippen molar-refractivity contribution in [1.29, 1.82) is 0 Å². The molecule has 2 aromatic carbocycles. The summed E-state index contributed by atoms with van der Waals surface area (Å²) in [6, 6.07) is 13.9. The summed E-state index contributed by atoms with van der Waals surface area (Å²) in [6.45, 7) is 2.82. The second-order valence-electron chi connectivity index (χ2n) is 7.16. The van der Waals surface area contributed by atoms with Crippen LogP contribution in [0.25, 0.3) is 0 Å². The number of rotatable bonds is 8. The number of hydrogen-bond acceptors (Lipinski definition) is 7. The average molecular weight is 450 g/mol. The van der Waals surface area contributed by atoms with E-state index in [2.05, 4.69) is 10.7 Å². The Morgan fingerprint density at radius 2 is 1.73 bits per heavy atom. The average Bonchev–Trinajstić information content (AvgIpc) is 3.10. The number of ether oxygens (including phenoxy) is 1. The van der Waals surface area contributed by atoms with Crippen molar-refractivity contribution in [3.63, 3.8) is 0 Å². The standard InChI is InChI=1S/C23H22N4O6/c1-14-11-18(15(2)26(14)25-22(29)16-7-5-4-6-8-16)21(28)13-33-23(30)19-12-17(27(31)32)9-10-20(19)24-3/h4-12,24H,13H2,1-3H3,(H,25,29). The van der Waals surface area contributed by atoms with Gasteiger partial charge >= 0.3 is 5.97 Å². The van der Waals surface area contributed by atoms with E-state index in [0.29, 0.717) is 22.6 Å². The maximum Gasteiger partial charge on any atom is 0.340 e. The van der Waals surface area contributed by atoms with Gasteiger partial charge in [0.1, 0.15) is 0 Å². The molecule has 2 N–H and O–H groups in total. The number of benzene rings is 2. The van der Waals surface area contributed by atoms with Gasteiger partial charge in [0.05, 0.1) is 10.5 Å². The second kappa shape index (κ2) is 9.77. The number of nitro benzene ring substituents is 1. The second-order valence-corrected chi connectivity index (χ2v) is 7.16. The first-order valence-corrected chi connectivity index (χ1v) is 9.94. The van der Waals surface area contributed by atoms with Crippen LogP contribution >= 0.6 is 0 Å². The maximum atomic E-state index is 12.7. The van der Waals surface area contributed by atoms with E-state index in [-0.39, 0.29) is 22.7 Å². The SMILES string of the molecule is CNc1ccc([N+](=O)[O-])cc1C(=O)OCC(=O)c1cc(C)n(NC(=O)c2ccccc2)c1C. The van der Waals surface area contributed by atoms with Crippen molar-refractivity contribution in [2.24, 2.45) is 0 Å². The summed E-state index contributed by atoms with van der Waals surface area (Å²) in [5.74, 6) is -1.69. The highest BCUT2D eigenvalue weighted by atomic mass is 16.6. The van der Waals surface area contributed by atoms with Gasteiger partial charge in [-0.25, -0.2) is 4.79 Å². The van der Waals surface area contributed by atoms with Crippen molar-refractivity contribution in [1.82, 2.24) is 4.68 Å². The van der Waals surface area contributed by atoms with Crippen molar-refractivity contribution in [3.8, 4) is 0 Å². The molecular weight excluding hydrogens is 428 g/mol. The van der Waals surface area contributed by atoms with Gasteiger partial charge in [0.25, 0.3) is 11.6 Å². The number of esters is 1. The monoisotopic (exact) mass is 450 g/mol. The van der Waals surface area contributed by atoms with E-state index >= 15 is 0 Å². The first kappa shape index (κ1) is 23.2. The smallest absolute Gasteiger partial charge is 0.340 e. The molecule has 0 fully saturated rings. The molecule has 0 bridgehead atoms. The third-order valence-electron chi connectivity index (χ3n) is 5.02. The van der Waals surface area contributed by atoms with Crippen molar-refractivity contribution >= 4 is 29.0 Å². The zero-order valence-electron chi connectivity index (χ0n) is 18.2. The van der Waals surface area contributed by atoms with Gasteiger partial charge < -0.3 is 10.1 Å². The minimum atomic E-state index is -0.873. The molecule has 0 unspecified atom stereocenters. The molecule has 0 aliphatic carbocycles. The van der Waals surface area contributed by atoms with Gasteiger partial charge in [0.2, 0.25) is 5.78 Å². The van der Waals surface area contributed by atoms with Crippen LogP contribution in [0.2, 0.25) is 0 Å². The molecule has 0 saturated carbocycles. The lowest BCUT2D eigenvalue weighted by Gasteiger charge is -2.12. The van der Waals surface area contributed by atoms with E-state index in [4.69, 9.17) is 4.74 Å². The molecule has 0 radical (unpaired) electrons. The van der Waals surface area contributed by atoms with Gasteiger partial charge in [-0.1, -0.05) is 18.2 Å². The normalized spacial score (nSPS) is 10.4. The fraction of sp³-hybridized carbons (Fsp3) is 0.174. The lowest BCUT2D eigenvalue weighted by molar-refractivity contribution is -0.384. The fourth-order valence-electron chi connectivity index (χ4n) is 3.29. The van der Waals surface area contributed by atoms with E-state index < -0.39 is 23.3 Å². The van der Waals surface area contributed by atoms with E-state index in [1.165, 1.54) is 16.8 Å². The summed E-state index contributed by atoms with van der Waals surface area (Å²) < 4.78 is 6.62. The molecule has 1 heterocycles. The van der Waals surface area contributed by atoms with Crippen molar-refractivity contribution < 1.29 is 24.0 Å². The molecule has 1 aromatic heterocycles. The number of aryl methyl sites for hydroxylation is 1. The van der Waals surface area contributed by atoms with Crippen molar-refractivity contribution in [2.75, 3.05) is 24.4 Å². The van der Waals surface area contributed by atoms with E-state index in [9.17, 15) is 24.5 Å². The number of nitrogens with one attached hydrogen (secondary N) is 2. The summed E-state index contributed by atoms with van der Waals surface area (Å²) in [7, 11) is 1.56. The number of carbonyl (C=O) groups is 3. The molecule has 0 spiro atoms. The van der Waals surface area contributed by atoms with E-state index in [0.717, 1.165) is 6.07 Å². The lowest BCUT2D eigenvalue weighted by Crippen LogP contribution is -2.25. The highest BCUT2D eigenvalue weighted by Crippen LogP contribution is 2.23. The zero-order chi connectivity index (χ0) is 24.1. The third-order valence-corrected chi connectivity index (χ3v) is 5.02. The van der Waals surface area contributed by atoms with Gasteiger partial charge in [0.15, 0.2) is 6.61 Å². The van der Waals surface area contributed by atoms with Gasteiger partial charge in [0, 0.05) is 47.4 Å². The topological polar surface area (TPSA) is 133 Å². The minimum Gasteiger partial charge on any atom is -0.454 e. The number of nitro groups is 1. The molecule has 3 aromatic rings. The number of carbonyl (C=O) groups excluding carboxylic acids is 3. The summed E-state index contributed by atoms with van der Waals surface area (Å²) in [4.78, 5) is 48.1. The molecule has 3 rings (SSSR count). The molecule has 10 nitrogen and oxygen atoms in total. The summed E-state index contributed by atoms with van der Waals surface area (Å²) in [6.07, 6.45) is 0. The number of ketones is 1. The number of nitrogens with zero attached hydrogens (tertiary/aromatic N) is 2. The Kier molecular flexibility index (Phi) is 6.87. The van der Waals surface area contributed by atoms with Crippen LogP contribution < -0.4 is 10.7 Å². The Morgan fingerprint density at radius 1 is 1.03 bits per heavy atom. The third kappa shape index (κ3) is 5.06. The molecule has 0 aliphatic heterocycles. The van der Waals surface area contributed by atoms with Gasteiger partial charge in [-0.05, 0) is 38.1 Å². The molecule has 0 atom stereocenters. The van der Waals surface area contributed by atoms with E-state index in [1.54, 1.807) is 57.3 Å². The number of Topliss-reactive ketones (excluding diaryl/α,β-unsaturated/α-hetero) is 1. The Labute approximate surface area is 189 Å².